The van der Waals surface area contributed by atoms with Crippen LogP contribution in [0.3, 0.4) is 0 Å². The molecule has 2 aliphatic rings. The molecule has 0 spiro atoms. The van der Waals surface area contributed by atoms with E-state index < -0.39 is 0 Å². The summed E-state index contributed by atoms with van der Waals surface area (Å²) in [5.74, 6) is 0.678. The molecule has 0 amide bonds. The molecule has 0 bridgehead atoms. The molecule has 3 rings (SSSR count). The first-order valence-corrected chi connectivity index (χ1v) is 6.91. The standard InChI is InChI=1S/C15H20FNO/c1-2-15(6-3-7-15)17-10-13-9-11-8-12(16)4-5-14(11)18-13/h4-5,8,13,17H,2-3,6-7,9-10H2,1H3. The van der Waals surface area contributed by atoms with E-state index in [4.69, 9.17) is 4.74 Å². The fourth-order valence-corrected chi connectivity index (χ4v) is 2.99. The first-order chi connectivity index (χ1) is 8.71. The van der Waals surface area contributed by atoms with Crippen LogP contribution >= 0.6 is 0 Å². The smallest absolute Gasteiger partial charge is 0.123 e. The summed E-state index contributed by atoms with van der Waals surface area (Å²) in [5, 5.41) is 3.65. The zero-order chi connectivity index (χ0) is 12.6. The number of halogens is 1. The van der Waals surface area contributed by atoms with Crippen LogP contribution in [-0.4, -0.2) is 18.2 Å². The maximum absolute atomic E-state index is 13.1. The molecule has 1 aliphatic heterocycles. The van der Waals surface area contributed by atoms with Crippen LogP contribution < -0.4 is 10.1 Å². The summed E-state index contributed by atoms with van der Waals surface area (Å²) >= 11 is 0. The molecule has 1 unspecified atom stereocenters. The van der Waals surface area contributed by atoms with Crippen molar-refractivity contribution in [2.45, 2.75) is 50.7 Å². The Morgan fingerprint density at radius 1 is 1.44 bits per heavy atom. The van der Waals surface area contributed by atoms with E-state index in [9.17, 15) is 4.39 Å². The zero-order valence-corrected chi connectivity index (χ0v) is 10.8. The lowest BCUT2D eigenvalue weighted by Crippen LogP contribution is -2.53. The van der Waals surface area contributed by atoms with Crippen molar-refractivity contribution in [3.8, 4) is 5.75 Å². The molecule has 0 aromatic heterocycles. The first-order valence-electron chi connectivity index (χ1n) is 6.91. The van der Waals surface area contributed by atoms with E-state index >= 15 is 0 Å². The van der Waals surface area contributed by atoms with Crippen molar-refractivity contribution in [1.82, 2.24) is 5.32 Å². The van der Waals surface area contributed by atoms with Crippen molar-refractivity contribution in [2.24, 2.45) is 0 Å². The molecular formula is C15H20FNO. The predicted molar refractivity (Wildman–Crippen MR) is 69.4 cm³/mol. The van der Waals surface area contributed by atoms with Crippen molar-refractivity contribution >= 4 is 0 Å². The van der Waals surface area contributed by atoms with Crippen LogP contribution in [0.25, 0.3) is 0 Å². The molecule has 0 saturated heterocycles. The van der Waals surface area contributed by atoms with Gasteiger partial charge in [0.25, 0.3) is 0 Å². The Bertz CT molecular complexity index is 437. The molecule has 1 heterocycles. The highest BCUT2D eigenvalue weighted by molar-refractivity contribution is 5.37. The highest BCUT2D eigenvalue weighted by Gasteiger charge is 2.35. The van der Waals surface area contributed by atoms with Gasteiger partial charge in [0.15, 0.2) is 0 Å². The Labute approximate surface area is 108 Å². The quantitative estimate of drug-likeness (QED) is 0.885. The number of fused-ring (bicyclic) bond motifs is 1. The Hall–Kier alpha value is -1.09. The minimum atomic E-state index is -0.171. The van der Waals surface area contributed by atoms with Gasteiger partial charge in [-0.15, -0.1) is 0 Å². The maximum atomic E-state index is 13.1. The molecule has 2 nitrogen and oxygen atoms in total. The average molecular weight is 249 g/mol. The summed E-state index contributed by atoms with van der Waals surface area (Å²) in [5.41, 5.74) is 1.35. The second-order valence-electron chi connectivity index (χ2n) is 5.56. The summed E-state index contributed by atoms with van der Waals surface area (Å²) in [7, 11) is 0. The molecule has 1 N–H and O–H groups in total. The second-order valence-corrected chi connectivity index (χ2v) is 5.56. The molecule has 1 aliphatic carbocycles. The number of hydrogen-bond donors (Lipinski definition) is 1. The van der Waals surface area contributed by atoms with E-state index in [1.54, 1.807) is 12.1 Å². The van der Waals surface area contributed by atoms with Crippen molar-refractivity contribution < 1.29 is 9.13 Å². The van der Waals surface area contributed by atoms with Crippen LogP contribution in [0.4, 0.5) is 4.39 Å². The molecule has 18 heavy (non-hydrogen) atoms. The molecule has 98 valence electrons. The van der Waals surface area contributed by atoms with Crippen LogP contribution in [0, 0.1) is 5.82 Å². The van der Waals surface area contributed by atoms with Crippen molar-refractivity contribution in [2.75, 3.05) is 6.54 Å². The molecule has 1 saturated carbocycles. The average Bonchev–Trinajstić information content (AvgIpc) is 2.70. The third kappa shape index (κ3) is 2.12. The number of ether oxygens (including phenoxy) is 1. The largest absolute Gasteiger partial charge is 0.488 e. The first kappa shape index (κ1) is 12.0. The lowest BCUT2D eigenvalue weighted by Gasteiger charge is -2.42. The van der Waals surface area contributed by atoms with E-state index in [1.807, 2.05) is 0 Å². The normalized spacial score (nSPS) is 24.2. The van der Waals surface area contributed by atoms with E-state index in [0.717, 1.165) is 24.3 Å². The highest BCUT2D eigenvalue weighted by Crippen LogP contribution is 2.35. The van der Waals surface area contributed by atoms with Gasteiger partial charge in [0.05, 0.1) is 0 Å². The van der Waals surface area contributed by atoms with E-state index in [0.29, 0.717) is 5.54 Å². The Morgan fingerprint density at radius 2 is 2.28 bits per heavy atom. The third-order valence-corrected chi connectivity index (χ3v) is 4.46. The van der Waals surface area contributed by atoms with E-state index in [-0.39, 0.29) is 11.9 Å². The van der Waals surface area contributed by atoms with E-state index in [2.05, 4.69) is 12.2 Å². The van der Waals surface area contributed by atoms with Gasteiger partial charge in [-0.05, 0) is 43.9 Å². The molecule has 1 aromatic carbocycles. The summed E-state index contributed by atoms with van der Waals surface area (Å²) in [4.78, 5) is 0. The van der Waals surface area contributed by atoms with Gasteiger partial charge in [0.2, 0.25) is 0 Å². The van der Waals surface area contributed by atoms with Crippen LogP contribution in [0.5, 0.6) is 5.75 Å². The SMILES string of the molecule is CCC1(NCC2Cc3cc(F)ccc3O2)CCC1. The van der Waals surface area contributed by atoms with Gasteiger partial charge in [0.1, 0.15) is 17.7 Å². The Morgan fingerprint density at radius 3 is 2.94 bits per heavy atom. The minimum Gasteiger partial charge on any atom is -0.488 e. The summed E-state index contributed by atoms with van der Waals surface area (Å²) in [6.45, 7) is 3.11. The van der Waals surface area contributed by atoms with Crippen molar-refractivity contribution in [1.29, 1.82) is 0 Å². The Kier molecular flexibility index (Phi) is 3.02. The maximum Gasteiger partial charge on any atom is 0.123 e. The van der Waals surface area contributed by atoms with Gasteiger partial charge in [0, 0.05) is 24.1 Å². The minimum absolute atomic E-state index is 0.158. The van der Waals surface area contributed by atoms with Gasteiger partial charge < -0.3 is 10.1 Å². The Balaban J connectivity index is 1.58. The van der Waals surface area contributed by atoms with Gasteiger partial charge in [-0.2, -0.15) is 0 Å². The highest BCUT2D eigenvalue weighted by atomic mass is 19.1. The molecular weight excluding hydrogens is 229 g/mol. The molecule has 3 heteroatoms. The summed E-state index contributed by atoms with van der Waals surface area (Å²) < 4.78 is 19.0. The summed E-state index contributed by atoms with van der Waals surface area (Å²) in [6, 6.07) is 4.80. The predicted octanol–water partition coefficient (Wildman–Crippen LogP) is 3.05. The van der Waals surface area contributed by atoms with Gasteiger partial charge >= 0.3 is 0 Å². The van der Waals surface area contributed by atoms with Gasteiger partial charge in [-0.25, -0.2) is 4.39 Å². The summed E-state index contributed by atoms with van der Waals surface area (Å²) in [6.07, 6.45) is 6.04. The zero-order valence-electron chi connectivity index (χ0n) is 10.8. The number of benzene rings is 1. The van der Waals surface area contributed by atoms with Crippen LogP contribution in [-0.2, 0) is 6.42 Å². The van der Waals surface area contributed by atoms with Crippen molar-refractivity contribution in [3.05, 3.63) is 29.6 Å². The number of nitrogens with one attached hydrogen (secondary N) is 1. The van der Waals surface area contributed by atoms with E-state index in [1.165, 1.54) is 31.7 Å². The lowest BCUT2D eigenvalue weighted by atomic mass is 9.75. The fraction of sp³-hybridized carbons (Fsp3) is 0.600. The molecule has 1 fully saturated rings. The van der Waals surface area contributed by atoms with Crippen LogP contribution in [0.2, 0.25) is 0 Å². The monoisotopic (exact) mass is 249 g/mol. The lowest BCUT2D eigenvalue weighted by molar-refractivity contribution is 0.142. The third-order valence-electron chi connectivity index (χ3n) is 4.46. The second kappa shape index (κ2) is 4.54. The van der Waals surface area contributed by atoms with Crippen LogP contribution in [0.15, 0.2) is 18.2 Å². The fourth-order valence-electron chi connectivity index (χ4n) is 2.99. The molecule has 1 aromatic rings. The number of rotatable bonds is 4. The van der Waals surface area contributed by atoms with Crippen molar-refractivity contribution in [3.63, 3.8) is 0 Å². The molecule has 0 radical (unpaired) electrons. The van der Waals surface area contributed by atoms with Crippen LogP contribution in [0.1, 0.15) is 38.2 Å². The number of hydrogen-bond acceptors (Lipinski definition) is 2. The van der Waals surface area contributed by atoms with Gasteiger partial charge in [-0.1, -0.05) is 6.92 Å². The van der Waals surface area contributed by atoms with Gasteiger partial charge in [-0.3, -0.25) is 0 Å². The topological polar surface area (TPSA) is 21.3 Å². The molecule has 1 atom stereocenters.